The van der Waals surface area contributed by atoms with Crippen LogP contribution in [-0.2, 0) is 20.1 Å². The second-order valence-corrected chi connectivity index (χ2v) is 12.0. The van der Waals surface area contributed by atoms with Crippen molar-refractivity contribution in [1.82, 2.24) is 14.5 Å². The average Bonchev–Trinajstić information content (AvgIpc) is 3.71. The number of imidazole rings is 1. The zero-order valence-corrected chi connectivity index (χ0v) is 28.7. The van der Waals surface area contributed by atoms with Crippen molar-refractivity contribution in [3.8, 4) is 39.5 Å². The van der Waals surface area contributed by atoms with E-state index in [4.69, 9.17) is 4.98 Å². The molecule has 0 fully saturated rings. The van der Waals surface area contributed by atoms with Gasteiger partial charge in [0.15, 0.2) is 0 Å². The molecule has 0 aliphatic rings. The number of thiophene rings is 1. The molecule has 0 aliphatic heterocycles. The molecular weight excluding hydrogens is 759 g/mol. The Morgan fingerprint density at radius 3 is 2.20 bits per heavy atom. The van der Waals surface area contributed by atoms with Gasteiger partial charge in [-0.3, -0.25) is 16.3 Å². The van der Waals surface area contributed by atoms with Crippen molar-refractivity contribution < 1.29 is 20.1 Å². The Bertz CT molecular complexity index is 2130. The normalized spacial score (nSPS) is 10.8. The summed E-state index contributed by atoms with van der Waals surface area (Å²) < 4.78 is 3.51. The Kier molecular flexibility index (Phi) is 9.65. The number of nitrogens with zero attached hydrogens (tertiary/aromatic N) is 3. The fraction of sp³-hybridized carbons (Fsp3) is 0.0732. The van der Waals surface area contributed by atoms with Gasteiger partial charge in [0, 0.05) is 32.0 Å². The second-order valence-electron chi connectivity index (χ2n) is 11.2. The molecule has 0 bridgehead atoms. The third-order valence-electron chi connectivity index (χ3n) is 7.87. The van der Waals surface area contributed by atoms with E-state index in [9.17, 15) is 0 Å². The van der Waals surface area contributed by atoms with E-state index in [1.165, 1.54) is 26.8 Å². The SMILES string of the molecule is CC(C)c1ccc2s[c-]c(-c3nc4ccccc4n3-c3ccc(-c4ccccc4)cc3)c2c1.[Ir].[c-]1ccccc1-c1ccccn1. The van der Waals surface area contributed by atoms with Gasteiger partial charge >= 0.3 is 0 Å². The number of para-hydroxylation sites is 2. The molecule has 8 aromatic rings. The van der Waals surface area contributed by atoms with Gasteiger partial charge in [-0.15, -0.1) is 47.3 Å². The molecule has 0 spiro atoms. The molecule has 0 unspecified atom stereocenters. The molecule has 1 radical (unpaired) electrons. The fourth-order valence-electron chi connectivity index (χ4n) is 5.48. The Balaban J connectivity index is 0.000000241. The standard InChI is InChI=1S/C30H23N2S.C11H8N.Ir/c1-20(2)23-14-17-29-25(18-23)26(19-33-29)30-31-27-10-6-7-11-28(27)32(30)24-15-12-22(13-16-24)21-8-4-3-5-9-21;1-2-6-10(7-3-1)11-8-4-5-9-12-11;/h3-18,20H,1-2H3;1-6,8-9H;/q2*-1;. The summed E-state index contributed by atoms with van der Waals surface area (Å²) in [6.45, 7) is 4.47. The monoisotopic (exact) mass is 790 g/mol. The van der Waals surface area contributed by atoms with Crippen LogP contribution in [0.1, 0.15) is 25.3 Å². The number of pyridine rings is 1. The van der Waals surface area contributed by atoms with Crippen molar-refractivity contribution in [3.63, 3.8) is 0 Å². The molecule has 3 heterocycles. The third kappa shape index (κ3) is 6.49. The number of hydrogen-bond acceptors (Lipinski definition) is 3. The maximum absolute atomic E-state index is 5.08. The Labute approximate surface area is 287 Å². The van der Waals surface area contributed by atoms with Gasteiger partial charge in [-0.2, -0.15) is 0 Å². The topological polar surface area (TPSA) is 30.7 Å². The summed E-state index contributed by atoms with van der Waals surface area (Å²) in [6.07, 6.45) is 1.79. The predicted molar refractivity (Wildman–Crippen MR) is 189 cm³/mol. The molecule has 3 aromatic heterocycles. The molecule has 227 valence electrons. The maximum atomic E-state index is 5.08. The molecule has 0 saturated heterocycles. The molecule has 0 amide bonds. The van der Waals surface area contributed by atoms with Crippen LogP contribution >= 0.6 is 11.3 Å². The first-order valence-corrected chi connectivity index (χ1v) is 15.9. The van der Waals surface area contributed by atoms with Crippen LogP contribution in [-0.4, -0.2) is 14.5 Å². The first-order chi connectivity index (χ1) is 22.2. The van der Waals surface area contributed by atoms with Crippen LogP contribution in [0, 0.1) is 11.4 Å². The van der Waals surface area contributed by atoms with E-state index >= 15 is 0 Å². The molecule has 0 atom stereocenters. The van der Waals surface area contributed by atoms with Gasteiger partial charge in [0.05, 0.1) is 16.9 Å². The minimum atomic E-state index is 0. The number of aromatic nitrogens is 3. The zero-order valence-electron chi connectivity index (χ0n) is 25.5. The smallest absolute Gasteiger partial charge is 0.0774 e. The summed E-state index contributed by atoms with van der Waals surface area (Å²) in [5.74, 6) is 1.42. The minimum Gasteiger partial charge on any atom is -0.333 e. The molecule has 3 nitrogen and oxygen atoms in total. The van der Waals surface area contributed by atoms with Gasteiger partial charge in [0.25, 0.3) is 0 Å². The van der Waals surface area contributed by atoms with Gasteiger partial charge in [0.1, 0.15) is 0 Å². The largest absolute Gasteiger partial charge is 0.333 e. The van der Waals surface area contributed by atoms with E-state index in [2.05, 4.69) is 120 Å². The molecule has 0 N–H and O–H groups in total. The first kappa shape index (κ1) is 31.3. The van der Waals surface area contributed by atoms with Gasteiger partial charge < -0.3 is 9.55 Å². The van der Waals surface area contributed by atoms with Crippen molar-refractivity contribution in [1.29, 1.82) is 0 Å². The molecule has 8 rings (SSSR count). The first-order valence-electron chi connectivity index (χ1n) is 15.1. The van der Waals surface area contributed by atoms with Gasteiger partial charge in [-0.1, -0.05) is 114 Å². The molecule has 0 aliphatic carbocycles. The molecular formula is C41H31IrN3S-2. The summed E-state index contributed by atoms with van der Waals surface area (Å²) >= 11 is 1.66. The fourth-order valence-corrected chi connectivity index (χ4v) is 6.30. The van der Waals surface area contributed by atoms with Crippen molar-refractivity contribution in [3.05, 3.63) is 163 Å². The van der Waals surface area contributed by atoms with Crippen molar-refractivity contribution in [2.75, 3.05) is 0 Å². The number of fused-ring (bicyclic) bond motifs is 2. The van der Waals surface area contributed by atoms with Crippen LogP contribution < -0.4 is 0 Å². The quantitative estimate of drug-likeness (QED) is 0.163. The summed E-state index contributed by atoms with van der Waals surface area (Å²) in [6, 6.07) is 51.2. The van der Waals surface area contributed by atoms with Crippen LogP contribution in [0.15, 0.2) is 146 Å². The van der Waals surface area contributed by atoms with E-state index in [-0.39, 0.29) is 20.1 Å². The van der Waals surface area contributed by atoms with E-state index in [1.807, 2.05) is 54.6 Å². The van der Waals surface area contributed by atoms with Crippen LogP contribution in [0.2, 0.25) is 0 Å². The van der Waals surface area contributed by atoms with Crippen LogP contribution in [0.3, 0.4) is 0 Å². The second kappa shape index (κ2) is 14.2. The van der Waals surface area contributed by atoms with E-state index < -0.39 is 0 Å². The zero-order chi connectivity index (χ0) is 30.6. The van der Waals surface area contributed by atoms with Crippen LogP contribution in [0.4, 0.5) is 0 Å². The van der Waals surface area contributed by atoms with Crippen molar-refractivity contribution in [2.24, 2.45) is 0 Å². The van der Waals surface area contributed by atoms with Crippen molar-refractivity contribution >= 4 is 32.5 Å². The maximum Gasteiger partial charge on any atom is 0.0774 e. The number of hydrogen-bond donors (Lipinski definition) is 0. The Morgan fingerprint density at radius 1 is 0.717 bits per heavy atom. The minimum absolute atomic E-state index is 0. The summed E-state index contributed by atoms with van der Waals surface area (Å²) in [5, 5.41) is 4.79. The summed E-state index contributed by atoms with van der Waals surface area (Å²) in [4.78, 5) is 9.29. The van der Waals surface area contributed by atoms with Crippen molar-refractivity contribution in [2.45, 2.75) is 19.8 Å². The van der Waals surface area contributed by atoms with Gasteiger partial charge in [-0.05, 0) is 53.1 Å². The van der Waals surface area contributed by atoms with Gasteiger partial charge in [-0.25, -0.2) is 0 Å². The molecule has 5 aromatic carbocycles. The third-order valence-corrected chi connectivity index (χ3v) is 8.75. The van der Waals surface area contributed by atoms with Gasteiger partial charge in [0.2, 0.25) is 0 Å². The Hall–Kier alpha value is -4.67. The number of benzene rings is 5. The Morgan fingerprint density at radius 2 is 1.46 bits per heavy atom. The molecule has 46 heavy (non-hydrogen) atoms. The molecule has 0 saturated carbocycles. The van der Waals surface area contributed by atoms with Crippen LogP contribution in [0.5, 0.6) is 0 Å². The average molecular weight is 790 g/mol. The summed E-state index contributed by atoms with van der Waals surface area (Å²) in [7, 11) is 0. The van der Waals surface area contributed by atoms with Crippen LogP contribution in [0.25, 0.3) is 60.6 Å². The number of rotatable bonds is 5. The van der Waals surface area contributed by atoms with E-state index in [0.717, 1.165) is 39.4 Å². The predicted octanol–water partition coefficient (Wildman–Crippen LogP) is 11.0. The summed E-state index contributed by atoms with van der Waals surface area (Å²) in [5.41, 5.74) is 10.0. The van der Waals surface area contributed by atoms with E-state index in [1.54, 1.807) is 17.5 Å². The van der Waals surface area contributed by atoms with E-state index in [0.29, 0.717) is 5.92 Å². The molecule has 5 heteroatoms.